The Balaban J connectivity index is 0.000000165. The molecule has 0 fully saturated rings. The summed E-state index contributed by atoms with van der Waals surface area (Å²) in [6.45, 7) is 0. The van der Waals surface area contributed by atoms with Crippen LogP contribution >= 0.6 is 7.82 Å². The molecule has 0 unspecified atom stereocenters. The first kappa shape index (κ1) is 24.9. The lowest BCUT2D eigenvalue weighted by Crippen LogP contribution is -1.77. The van der Waals surface area contributed by atoms with Crippen LogP contribution in [-0.4, -0.2) is 24.9 Å². The SMILES string of the molecule is O=P(O)(O)O.Oc1ccccc1.Oc1ccccc1.c1ccc2c(c1)Cc1ccccc1-2. The smallest absolute Gasteiger partial charge is 0.466 e. The summed E-state index contributed by atoms with van der Waals surface area (Å²) in [5.74, 6) is 0.644. The van der Waals surface area contributed by atoms with Crippen molar-refractivity contribution < 1.29 is 29.5 Å². The Bertz CT molecular complexity index is 1040. The van der Waals surface area contributed by atoms with Crippen molar-refractivity contribution in [3.8, 4) is 22.6 Å². The van der Waals surface area contributed by atoms with E-state index in [1.807, 2.05) is 12.1 Å². The van der Waals surface area contributed by atoms with E-state index < -0.39 is 7.82 Å². The molecule has 32 heavy (non-hydrogen) atoms. The number of phosphoric acid groups is 1. The van der Waals surface area contributed by atoms with Crippen molar-refractivity contribution in [2.45, 2.75) is 6.42 Å². The number of phenolic OH excluding ortho intramolecular Hbond substituents is 2. The van der Waals surface area contributed by atoms with Gasteiger partial charge in [-0.2, -0.15) is 0 Å². The molecule has 1 aliphatic rings. The van der Waals surface area contributed by atoms with E-state index in [4.69, 9.17) is 29.5 Å². The number of rotatable bonds is 0. The normalized spacial score (nSPS) is 10.6. The van der Waals surface area contributed by atoms with E-state index in [9.17, 15) is 0 Å². The fraction of sp³-hybridized carbons (Fsp3) is 0.0400. The minimum Gasteiger partial charge on any atom is -0.508 e. The van der Waals surface area contributed by atoms with Crippen LogP contribution in [0.15, 0.2) is 109 Å². The molecule has 0 saturated carbocycles. The monoisotopic (exact) mass is 452 g/mol. The number of hydrogen-bond donors (Lipinski definition) is 5. The van der Waals surface area contributed by atoms with E-state index in [1.165, 1.54) is 22.3 Å². The first-order valence-corrected chi connectivity index (χ1v) is 11.2. The van der Waals surface area contributed by atoms with Crippen molar-refractivity contribution in [3.63, 3.8) is 0 Å². The van der Waals surface area contributed by atoms with Gasteiger partial charge in [0.25, 0.3) is 0 Å². The zero-order valence-electron chi connectivity index (χ0n) is 17.2. The number of para-hydroxylation sites is 2. The van der Waals surface area contributed by atoms with Gasteiger partial charge >= 0.3 is 7.82 Å². The molecule has 0 amide bonds. The largest absolute Gasteiger partial charge is 0.508 e. The van der Waals surface area contributed by atoms with Gasteiger partial charge in [-0.25, -0.2) is 4.57 Å². The van der Waals surface area contributed by atoms with Gasteiger partial charge in [-0.3, -0.25) is 0 Å². The van der Waals surface area contributed by atoms with Crippen LogP contribution in [0, 0.1) is 0 Å². The molecule has 0 aromatic heterocycles. The first-order valence-electron chi connectivity index (χ1n) is 9.66. The molecule has 0 heterocycles. The van der Waals surface area contributed by atoms with Gasteiger partial charge < -0.3 is 24.9 Å². The van der Waals surface area contributed by atoms with Crippen molar-refractivity contribution in [2.24, 2.45) is 0 Å². The maximum atomic E-state index is 8.88. The molecule has 0 saturated heterocycles. The molecule has 1 aliphatic carbocycles. The summed E-state index contributed by atoms with van der Waals surface area (Å²) >= 11 is 0. The Morgan fingerprint density at radius 2 is 0.781 bits per heavy atom. The topological polar surface area (TPSA) is 118 Å². The van der Waals surface area contributed by atoms with Crippen LogP contribution in [0.1, 0.15) is 11.1 Å². The molecule has 0 spiro atoms. The highest BCUT2D eigenvalue weighted by Gasteiger charge is 2.15. The van der Waals surface area contributed by atoms with Crippen molar-refractivity contribution >= 4 is 7.82 Å². The van der Waals surface area contributed by atoms with Crippen LogP contribution < -0.4 is 0 Å². The highest BCUT2D eigenvalue weighted by molar-refractivity contribution is 7.45. The van der Waals surface area contributed by atoms with Gasteiger partial charge in [0.15, 0.2) is 0 Å². The van der Waals surface area contributed by atoms with Gasteiger partial charge in [-0.15, -0.1) is 0 Å². The van der Waals surface area contributed by atoms with Gasteiger partial charge in [0.2, 0.25) is 0 Å². The second-order valence-electron chi connectivity index (χ2n) is 6.68. The maximum Gasteiger partial charge on any atom is 0.466 e. The van der Waals surface area contributed by atoms with E-state index in [-0.39, 0.29) is 0 Å². The molecule has 0 atom stereocenters. The van der Waals surface area contributed by atoms with Crippen molar-refractivity contribution in [2.75, 3.05) is 0 Å². The minimum atomic E-state index is -4.64. The van der Waals surface area contributed by atoms with Gasteiger partial charge in [0, 0.05) is 0 Å². The maximum absolute atomic E-state index is 8.88. The Morgan fingerprint density at radius 1 is 0.500 bits per heavy atom. The van der Waals surface area contributed by atoms with Crippen molar-refractivity contribution in [1.82, 2.24) is 0 Å². The molecule has 7 heteroatoms. The number of fused-ring (bicyclic) bond motifs is 3. The van der Waals surface area contributed by atoms with Crippen LogP contribution in [-0.2, 0) is 11.0 Å². The predicted octanol–water partition coefficient (Wildman–Crippen LogP) is 5.11. The van der Waals surface area contributed by atoms with E-state index in [1.54, 1.807) is 48.5 Å². The van der Waals surface area contributed by atoms with Crippen LogP contribution in [0.5, 0.6) is 11.5 Å². The lowest BCUT2D eigenvalue weighted by Gasteiger charge is -1.98. The Labute approximate surface area is 187 Å². The first-order chi connectivity index (χ1) is 15.2. The molecule has 4 aromatic rings. The summed E-state index contributed by atoms with van der Waals surface area (Å²) in [6, 6.07) is 34.7. The average Bonchev–Trinajstić information content (AvgIpc) is 3.13. The molecule has 0 aliphatic heterocycles. The second kappa shape index (κ2) is 12.4. The summed E-state index contributed by atoms with van der Waals surface area (Å²) in [5.41, 5.74) is 5.75. The fourth-order valence-corrected chi connectivity index (χ4v) is 2.94. The number of aromatic hydroxyl groups is 2. The third kappa shape index (κ3) is 9.60. The summed E-state index contributed by atoms with van der Waals surface area (Å²) in [5, 5.41) is 17.3. The molecule has 4 aromatic carbocycles. The number of phenols is 2. The summed E-state index contributed by atoms with van der Waals surface area (Å²) in [7, 11) is -4.64. The Morgan fingerprint density at radius 3 is 1.06 bits per heavy atom. The molecular formula is C25H25O6P. The molecule has 5 rings (SSSR count). The standard InChI is InChI=1S/C13H10.2C6H6O.H3O4P/c1-3-7-12-10(5-1)9-11-6-2-4-8-13(11)12;2*7-6-4-2-1-3-5-6;1-5(2,3)4/h1-8H,9H2;2*1-5,7H;(H3,1,2,3,4). The Hall–Kier alpha value is -3.41. The lowest BCUT2D eigenvalue weighted by atomic mass is 10.1. The summed E-state index contributed by atoms with van der Waals surface area (Å²) < 4.78 is 8.88. The zero-order valence-corrected chi connectivity index (χ0v) is 18.1. The lowest BCUT2D eigenvalue weighted by molar-refractivity contribution is 0.275. The van der Waals surface area contributed by atoms with Crippen LogP contribution in [0.3, 0.4) is 0 Å². The van der Waals surface area contributed by atoms with E-state index >= 15 is 0 Å². The third-order valence-electron chi connectivity index (χ3n) is 4.22. The fourth-order valence-electron chi connectivity index (χ4n) is 2.94. The van der Waals surface area contributed by atoms with E-state index in [2.05, 4.69) is 48.5 Å². The highest BCUT2D eigenvalue weighted by atomic mass is 31.2. The van der Waals surface area contributed by atoms with Crippen LogP contribution in [0.25, 0.3) is 11.1 Å². The zero-order chi connectivity index (χ0) is 23.4. The Kier molecular flexibility index (Phi) is 9.67. The van der Waals surface area contributed by atoms with Gasteiger partial charge in [-0.1, -0.05) is 84.9 Å². The molecule has 5 N–H and O–H groups in total. The van der Waals surface area contributed by atoms with Gasteiger partial charge in [0.1, 0.15) is 11.5 Å². The second-order valence-corrected chi connectivity index (χ2v) is 7.70. The minimum absolute atomic E-state index is 0.322. The van der Waals surface area contributed by atoms with Crippen LogP contribution in [0.4, 0.5) is 0 Å². The highest BCUT2D eigenvalue weighted by Crippen LogP contribution is 2.35. The third-order valence-corrected chi connectivity index (χ3v) is 4.22. The molecular weight excluding hydrogens is 427 g/mol. The summed E-state index contributed by atoms with van der Waals surface area (Å²) in [4.78, 5) is 21.6. The molecule has 0 radical (unpaired) electrons. The molecule has 6 nitrogen and oxygen atoms in total. The van der Waals surface area contributed by atoms with Gasteiger partial charge in [-0.05, 0) is 52.9 Å². The number of benzene rings is 4. The van der Waals surface area contributed by atoms with E-state index in [0.717, 1.165) is 6.42 Å². The van der Waals surface area contributed by atoms with E-state index in [0.29, 0.717) is 11.5 Å². The van der Waals surface area contributed by atoms with Crippen molar-refractivity contribution in [3.05, 3.63) is 120 Å². The molecule has 0 bridgehead atoms. The quantitative estimate of drug-likeness (QED) is 0.208. The van der Waals surface area contributed by atoms with Crippen LogP contribution in [0.2, 0.25) is 0 Å². The summed E-state index contributed by atoms with van der Waals surface area (Å²) in [6.07, 6.45) is 1.10. The average molecular weight is 452 g/mol. The van der Waals surface area contributed by atoms with Gasteiger partial charge in [0.05, 0.1) is 0 Å². The predicted molar refractivity (Wildman–Crippen MR) is 125 cm³/mol. The molecule has 166 valence electrons. The van der Waals surface area contributed by atoms with Crippen molar-refractivity contribution in [1.29, 1.82) is 0 Å². The number of hydrogen-bond acceptors (Lipinski definition) is 3.